The normalized spacial score (nSPS) is 11.7. The molecule has 1 atom stereocenters. The monoisotopic (exact) mass is 549 g/mol. The summed E-state index contributed by atoms with van der Waals surface area (Å²) in [7, 11) is 0. The van der Waals surface area contributed by atoms with Crippen LogP contribution in [0.15, 0.2) is 79.1 Å². The van der Waals surface area contributed by atoms with Crippen molar-refractivity contribution in [3.63, 3.8) is 0 Å². The molecule has 200 valence electrons. The maximum atomic E-state index is 14.4. The number of carbonyl (C=O) groups excluding carboxylic acids is 1. The molecule has 4 N–H and O–H groups in total. The average Bonchev–Trinajstić information content (AvgIpc) is 3.45. The number of rotatable bonds is 12. The van der Waals surface area contributed by atoms with Gasteiger partial charge in [0.15, 0.2) is 0 Å². The van der Waals surface area contributed by atoms with E-state index in [1.807, 2.05) is 30.3 Å². The Kier molecular flexibility index (Phi) is 9.20. The highest BCUT2D eigenvalue weighted by Gasteiger charge is 2.14. The largest absolute Gasteiger partial charge is 0.480 e. The molecule has 10 nitrogen and oxygen atoms in total. The molecule has 0 saturated carbocycles. The lowest BCUT2D eigenvalue weighted by Crippen LogP contribution is -2.40. The van der Waals surface area contributed by atoms with Crippen molar-refractivity contribution in [2.24, 2.45) is 0 Å². The van der Waals surface area contributed by atoms with Crippen molar-refractivity contribution in [2.75, 3.05) is 23.7 Å². The van der Waals surface area contributed by atoms with E-state index in [0.717, 1.165) is 5.56 Å². The van der Waals surface area contributed by atoms with E-state index in [1.165, 1.54) is 29.2 Å². The summed E-state index contributed by atoms with van der Waals surface area (Å²) in [6.07, 6.45) is 5.00. The number of halogens is 2. The van der Waals surface area contributed by atoms with Crippen molar-refractivity contribution < 1.29 is 19.1 Å². The summed E-state index contributed by atoms with van der Waals surface area (Å²) >= 11 is 6.16. The Labute approximate surface area is 228 Å². The maximum Gasteiger partial charge on any atom is 0.322 e. The van der Waals surface area contributed by atoms with Crippen LogP contribution in [0, 0.1) is 5.82 Å². The van der Waals surface area contributed by atoms with Crippen molar-refractivity contribution in [3.05, 3.63) is 101 Å². The van der Waals surface area contributed by atoms with E-state index in [0.29, 0.717) is 34.9 Å². The van der Waals surface area contributed by atoms with E-state index < -0.39 is 18.3 Å². The summed E-state index contributed by atoms with van der Waals surface area (Å²) in [5.41, 5.74) is 2.89. The number of amides is 1. The highest BCUT2D eigenvalue weighted by Crippen LogP contribution is 2.21. The van der Waals surface area contributed by atoms with Crippen LogP contribution in [0.3, 0.4) is 0 Å². The van der Waals surface area contributed by atoms with Crippen LogP contribution in [0.25, 0.3) is 11.8 Å². The molecule has 1 amide bonds. The summed E-state index contributed by atoms with van der Waals surface area (Å²) < 4.78 is 15.9. The molecule has 0 aliphatic rings. The first kappa shape index (κ1) is 27.3. The van der Waals surface area contributed by atoms with Gasteiger partial charge in [-0.15, -0.1) is 5.10 Å². The molecule has 0 saturated heterocycles. The predicted octanol–water partition coefficient (Wildman–Crippen LogP) is 3.80. The Hall–Kier alpha value is -4.77. The highest BCUT2D eigenvalue weighted by molar-refractivity contribution is 6.30. The average molecular weight is 550 g/mol. The lowest BCUT2D eigenvalue weighted by Gasteiger charge is -2.20. The summed E-state index contributed by atoms with van der Waals surface area (Å²) in [5.74, 6) is -2.01. The van der Waals surface area contributed by atoms with Gasteiger partial charge in [0.05, 0.1) is 17.4 Å². The van der Waals surface area contributed by atoms with Crippen molar-refractivity contribution in [1.29, 1.82) is 0 Å². The second-order valence-corrected chi connectivity index (χ2v) is 8.95. The Balaban J connectivity index is 1.45. The first-order chi connectivity index (χ1) is 18.9. The number of benzene rings is 3. The van der Waals surface area contributed by atoms with Crippen LogP contribution < -0.4 is 16.0 Å². The zero-order valence-electron chi connectivity index (χ0n) is 20.6. The van der Waals surface area contributed by atoms with Crippen LogP contribution in [0.2, 0.25) is 5.02 Å². The molecule has 4 aromatic rings. The van der Waals surface area contributed by atoms with Crippen LogP contribution in [0.1, 0.15) is 11.1 Å². The van der Waals surface area contributed by atoms with Gasteiger partial charge in [0.1, 0.15) is 18.7 Å². The number of carboxylic acid groups (broad SMARTS) is 1. The molecule has 3 aromatic carbocycles. The quantitative estimate of drug-likeness (QED) is 0.196. The molecule has 4 rings (SSSR count). The number of nitrogens with one attached hydrogen (secondary N) is 3. The SMILES string of the molecule is O=C(O)CNc1ccc(NC[C@H](Cc2ccccc2)NC(=O)/C=C/c2cc(Cl)ccc2-n2cnnn2)cc1F. The number of carbonyl (C=O) groups is 2. The molecule has 0 spiro atoms. The third-order valence-corrected chi connectivity index (χ3v) is 5.86. The molecule has 0 unspecified atom stereocenters. The molecule has 1 heterocycles. The van der Waals surface area contributed by atoms with E-state index >= 15 is 0 Å². The van der Waals surface area contributed by atoms with Crippen LogP contribution in [-0.2, 0) is 16.0 Å². The van der Waals surface area contributed by atoms with Gasteiger partial charge >= 0.3 is 5.97 Å². The fourth-order valence-electron chi connectivity index (χ4n) is 3.81. The third-order valence-electron chi connectivity index (χ3n) is 5.62. The van der Waals surface area contributed by atoms with Crippen molar-refractivity contribution >= 4 is 40.9 Å². The van der Waals surface area contributed by atoms with E-state index in [9.17, 15) is 14.0 Å². The first-order valence-electron chi connectivity index (χ1n) is 11.9. The molecule has 0 fully saturated rings. The fraction of sp³-hybridized carbons (Fsp3) is 0.148. The second kappa shape index (κ2) is 13.2. The molecule has 0 aliphatic heterocycles. The van der Waals surface area contributed by atoms with Gasteiger partial charge in [-0.3, -0.25) is 9.59 Å². The smallest absolute Gasteiger partial charge is 0.322 e. The molecule has 0 aliphatic carbocycles. The van der Waals surface area contributed by atoms with Gasteiger partial charge in [-0.1, -0.05) is 41.9 Å². The number of hydrogen-bond donors (Lipinski definition) is 4. The summed E-state index contributed by atoms with van der Waals surface area (Å²) in [6, 6.07) is 18.8. The van der Waals surface area contributed by atoms with Gasteiger partial charge in [0, 0.05) is 28.9 Å². The fourth-order valence-corrected chi connectivity index (χ4v) is 3.99. The number of nitrogens with zero attached hydrogens (tertiary/aromatic N) is 4. The molecule has 39 heavy (non-hydrogen) atoms. The number of aliphatic carboxylic acids is 1. The van der Waals surface area contributed by atoms with Gasteiger partial charge < -0.3 is 21.1 Å². The van der Waals surface area contributed by atoms with Crippen molar-refractivity contribution in [1.82, 2.24) is 25.5 Å². The van der Waals surface area contributed by atoms with E-state index in [4.69, 9.17) is 16.7 Å². The zero-order valence-corrected chi connectivity index (χ0v) is 21.3. The maximum absolute atomic E-state index is 14.4. The topological polar surface area (TPSA) is 134 Å². The van der Waals surface area contributed by atoms with Gasteiger partial charge in [0.25, 0.3) is 0 Å². The number of anilines is 2. The lowest BCUT2D eigenvalue weighted by atomic mass is 10.1. The summed E-state index contributed by atoms with van der Waals surface area (Å²) in [4.78, 5) is 23.6. The summed E-state index contributed by atoms with van der Waals surface area (Å²) in [6.45, 7) is -0.0857. The van der Waals surface area contributed by atoms with Crippen LogP contribution in [-0.4, -0.2) is 56.3 Å². The van der Waals surface area contributed by atoms with Crippen molar-refractivity contribution in [3.8, 4) is 5.69 Å². The highest BCUT2D eigenvalue weighted by atomic mass is 35.5. The van der Waals surface area contributed by atoms with Gasteiger partial charge in [-0.2, -0.15) is 4.68 Å². The predicted molar refractivity (Wildman–Crippen MR) is 146 cm³/mol. The minimum absolute atomic E-state index is 0.0873. The second-order valence-electron chi connectivity index (χ2n) is 8.51. The third kappa shape index (κ3) is 8.11. The number of carboxylic acids is 1. The van der Waals surface area contributed by atoms with Crippen molar-refractivity contribution in [2.45, 2.75) is 12.5 Å². The van der Waals surface area contributed by atoms with Gasteiger partial charge in [-0.05, 0) is 64.9 Å². The molecular weight excluding hydrogens is 525 g/mol. The van der Waals surface area contributed by atoms with Gasteiger partial charge in [-0.25, -0.2) is 4.39 Å². The molecule has 12 heteroatoms. The molecule has 1 aromatic heterocycles. The molecule has 0 radical (unpaired) electrons. The van der Waals surface area contributed by atoms with Crippen LogP contribution in [0.4, 0.5) is 15.8 Å². The Morgan fingerprint density at radius 3 is 2.62 bits per heavy atom. The standard InChI is InChI=1S/C27H25ClFN7O3/c28-20-7-10-25(36-17-32-34-35-36)19(13-20)6-11-26(37)33-22(12-18-4-2-1-3-5-18)15-30-21-8-9-24(23(29)14-21)31-16-27(38)39/h1-11,13-14,17,22,30-31H,12,15-16H2,(H,33,37)(H,38,39)/b11-6+/t22-/m0/s1. The summed E-state index contributed by atoms with van der Waals surface area (Å²) in [5, 5.41) is 29.1. The van der Waals surface area contributed by atoms with E-state index in [2.05, 4.69) is 31.5 Å². The molecular formula is C27H25ClFN7O3. The van der Waals surface area contributed by atoms with Crippen LogP contribution in [0.5, 0.6) is 0 Å². The molecule has 0 bridgehead atoms. The Morgan fingerprint density at radius 2 is 1.90 bits per heavy atom. The Morgan fingerprint density at radius 1 is 1.08 bits per heavy atom. The van der Waals surface area contributed by atoms with E-state index in [-0.39, 0.29) is 17.6 Å². The van der Waals surface area contributed by atoms with Gasteiger partial charge in [0.2, 0.25) is 5.91 Å². The number of hydrogen-bond acceptors (Lipinski definition) is 7. The first-order valence-corrected chi connectivity index (χ1v) is 12.3. The number of tetrazole rings is 1. The van der Waals surface area contributed by atoms with Crippen LogP contribution >= 0.6 is 11.6 Å². The Bertz CT molecular complexity index is 1450. The zero-order chi connectivity index (χ0) is 27.6. The minimum atomic E-state index is -1.09. The number of aromatic nitrogens is 4. The lowest BCUT2D eigenvalue weighted by molar-refractivity contribution is -0.135. The minimum Gasteiger partial charge on any atom is -0.480 e. The van der Waals surface area contributed by atoms with E-state index in [1.54, 1.807) is 30.3 Å².